The molecule has 0 spiro atoms. The lowest BCUT2D eigenvalue weighted by atomic mass is 10.1. The Morgan fingerprint density at radius 1 is 1.04 bits per heavy atom. The fourth-order valence-electron chi connectivity index (χ4n) is 2.85. The molecule has 1 aliphatic carbocycles. The molecule has 0 aromatic heterocycles. The van der Waals surface area contributed by atoms with Crippen LogP contribution in [0.4, 0.5) is 13.2 Å². The topological polar surface area (TPSA) is 29.1 Å². The second kappa shape index (κ2) is 5.89. The summed E-state index contributed by atoms with van der Waals surface area (Å²) in [6.07, 6.45) is -3.26. The zero-order chi connectivity index (χ0) is 16.6. The van der Waals surface area contributed by atoms with Crippen LogP contribution in [0.25, 0.3) is 0 Å². The van der Waals surface area contributed by atoms with Gasteiger partial charge in [0.2, 0.25) is 0 Å². The van der Waals surface area contributed by atoms with Gasteiger partial charge in [-0.2, -0.15) is 13.2 Å². The lowest BCUT2D eigenvalue weighted by Gasteiger charge is -2.15. The van der Waals surface area contributed by atoms with E-state index in [-0.39, 0.29) is 11.6 Å². The Balaban J connectivity index is 1.78. The highest BCUT2D eigenvalue weighted by atomic mass is 35.5. The molecule has 0 aliphatic heterocycles. The molecule has 1 N–H and O–H groups in total. The third kappa shape index (κ3) is 3.20. The van der Waals surface area contributed by atoms with Crippen molar-refractivity contribution in [3.8, 4) is 0 Å². The van der Waals surface area contributed by atoms with Crippen LogP contribution in [0.5, 0.6) is 0 Å². The number of amides is 1. The van der Waals surface area contributed by atoms with E-state index in [0.717, 1.165) is 17.2 Å². The quantitative estimate of drug-likeness (QED) is 0.870. The van der Waals surface area contributed by atoms with Crippen LogP contribution in [0.2, 0.25) is 5.02 Å². The zero-order valence-electron chi connectivity index (χ0n) is 12.0. The molecule has 0 saturated carbocycles. The predicted octanol–water partition coefficient (Wildman–Crippen LogP) is 4.26. The third-order valence-corrected chi connectivity index (χ3v) is 4.34. The summed E-state index contributed by atoms with van der Waals surface area (Å²) in [5.41, 5.74) is 1.14. The molecular weight excluding hydrogens is 327 g/mol. The Labute approximate surface area is 136 Å². The summed E-state index contributed by atoms with van der Waals surface area (Å²) in [5, 5.41) is 2.21. The van der Waals surface area contributed by atoms with Crippen molar-refractivity contribution in [2.75, 3.05) is 0 Å². The van der Waals surface area contributed by atoms with Gasteiger partial charge in [-0.1, -0.05) is 41.9 Å². The highest BCUT2D eigenvalue weighted by Crippen LogP contribution is 2.36. The Kier molecular flexibility index (Phi) is 4.06. The summed E-state index contributed by atoms with van der Waals surface area (Å²) in [6.45, 7) is 0. The average Bonchev–Trinajstić information content (AvgIpc) is 2.88. The van der Waals surface area contributed by atoms with Crippen molar-refractivity contribution in [1.29, 1.82) is 0 Å². The van der Waals surface area contributed by atoms with E-state index >= 15 is 0 Å². The Bertz CT molecular complexity index is 733. The molecule has 2 aromatic rings. The van der Waals surface area contributed by atoms with Gasteiger partial charge in [-0.05, 0) is 36.1 Å². The molecule has 3 rings (SSSR count). The molecule has 0 heterocycles. The first-order chi connectivity index (χ1) is 10.9. The van der Waals surface area contributed by atoms with Crippen molar-refractivity contribution in [2.24, 2.45) is 0 Å². The van der Waals surface area contributed by atoms with Crippen LogP contribution in [0, 0.1) is 0 Å². The largest absolute Gasteiger partial charge is 0.417 e. The monoisotopic (exact) mass is 339 g/mol. The molecule has 23 heavy (non-hydrogen) atoms. The minimum absolute atomic E-state index is 0.134. The van der Waals surface area contributed by atoms with Gasteiger partial charge in [0, 0.05) is 6.04 Å². The van der Waals surface area contributed by atoms with Gasteiger partial charge < -0.3 is 5.32 Å². The van der Waals surface area contributed by atoms with Crippen molar-refractivity contribution in [2.45, 2.75) is 25.1 Å². The number of benzene rings is 2. The first-order valence-corrected chi connectivity index (χ1v) is 7.47. The molecule has 0 fully saturated rings. The minimum atomic E-state index is -4.59. The molecule has 2 nitrogen and oxygen atoms in total. The van der Waals surface area contributed by atoms with Gasteiger partial charge in [-0.25, -0.2) is 0 Å². The van der Waals surface area contributed by atoms with Crippen LogP contribution in [-0.2, 0) is 19.0 Å². The minimum Gasteiger partial charge on any atom is -0.349 e. The maximum atomic E-state index is 12.9. The molecule has 6 heteroatoms. The fraction of sp³-hybridized carbons (Fsp3) is 0.235. The van der Waals surface area contributed by atoms with Gasteiger partial charge in [0.05, 0.1) is 16.1 Å². The Morgan fingerprint density at radius 2 is 1.65 bits per heavy atom. The third-order valence-electron chi connectivity index (χ3n) is 3.93. The molecule has 1 aliphatic rings. The van der Waals surface area contributed by atoms with E-state index in [4.69, 9.17) is 11.6 Å². The maximum absolute atomic E-state index is 12.9. The number of rotatable bonds is 2. The van der Waals surface area contributed by atoms with E-state index in [1.807, 2.05) is 24.3 Å². The van der Waals surface area contributed by atoms with Crippen LogP contribution < -0.4 is 5.32 Å². The number of hydrogen-bond donors (Lipinski definition) is 1. The molecular formula is C17H13ClF3NO. The number of hydrogen-bond acceptors (Lipinski definition) is 1. The molecule has 0 radical (unpaired) electrons. The van der Waals surface area contributed by atoms with E-state index < -0.39 is 22.7 Å². The molecule has 0 saturated heterocycles. The first-order valence-electron chi connectivity index (χ1n) is 7.09. The maximum Gasteiger partial charge on any atom is 0.417 e. The van der Waals surface area contributed by atoms with Gasteiger partial charge in [0.15, 0.2) is 0 Å². The van der Waals surface area contributed by atoms with Crippen LogP contribution in [0.3, 0.4) is 0 Å². The number of carbonyl (C=O) groups excluding carboxylic acids is 1. The van der Waals surface area contributed by atoms with Gasteiger partial charge in [-0.3, -0.25) is 4.79 Å². The van der Waals surface area contributed by atoms with E-state index in [2.05, 4.69) is 5.32 Å². The molecule has 0 unspecified atom stereocenters. The van der Waals surface area contributed by atoms with Crippen molar-refractivity contribution >= 4 is 17.5 Å². The second-order valence-corrected chi connectivity index (χ2v) is 5.89. The van der Waals surface area contributed by atoms with Crippen LogP contribution in [-0.4, -0.2) is 11.9 Å². The number of fused-ring (bicyclic) bond motifs is 1. The normalized spacial score (nSPS) is 14.6. The summed E-state index contributed by atoms with van der Waals surface area (Å²) < 4.78 is 38.6. The number of nitrogens with one attached hydrogen (secondary N) is 1. The summed E-state index contributed by atoms with van der Waals surface area (Å²) in [5.74, 6) is -0.584. The van der Waals surface area contributed by atoms with Crippen molar-refractivity contribution in [3.05, 3.63) is 69.7 Å². The summed E-state index contributed by atoms with van der Waals surface area (Å²) in [4.78, 5) is 12.3. The summed E-state index contributed by atoms with van der Waals surface area (Å²) in [6, 6.07) is 11.0. The fourth-order valence-corrected chi connectivity index (χ4v) is 3.17. The predicted molar refractivity (Wildman–Crippen MR) is 81.6 cm³/mol. The molecule has 0 bridgehead atoms. The molecule has 2 aromatic carbocycles. The Hall–Kier alpha value is -2.01. The van der Waals surface area contributed by atoms with Crippen molar-refractivity contribution in [3.63, 3.8) is 0 Å². The number of carbonyl (C=O) groups is 1. The van der Waals surface area contributed by atoms with Crippen molar-refractivity contribution in [1.82, 2.24) is 5.32 Å². The van der Waals surface area contributed by atoms with Crippen LogP contribution in [0.15, 0.2) is 42.5 Å². The highest BCUT2D eigenvalue weighted by Gasteiger charge is 2.35. The highest BCUT2D eigenvalue weighted by molar-refractivity contribution is 6.34. The van der Waals surface area contributed by atoms with E-state index in [9.17, 15) is 18.0 Å². The second-order valence-electron chi connectivity index (χ2n) is 5.51. The summed E-state index contributed by atoms with van der Waals surface area (Å²) >= 11 is 5.78. The van der Waals surface area contributed by atoms with Gasteiger partial charge in [0.25, 0.3) is 5.91 Å². The van der Waals surface area contributed by atoms with Gasteiger partial charge in [-0.15, -0.1) is 0 Å². The smallest absolute Gasteiger partial charge is 0.349 e. The molecule has 1 amide bonds. The van der Waals surface area contributed by atoms with Crippen molar-refractivity contribution < 1.29 is 18.0 Å². The average molecular weight is 340 g/mol. The van der Waals surface area contributed by atoms with Crippen LogP contribution >= 0.6 is 11.6 Å². The standard InChI is InChI=1S/C17H13ClF3NO/c18-15-13(6-3-7-14(15)17(19,20)21)16(23)22-12-8-10-4-1-2-5-11(10)9-12/h1-7,12H,8-9H2,(H,22,23). The van der Waals surface area contributed by atoms with Gasteiger partial charge in [0.1, 0.15) is 0 Å². The summed E-state index contributed by atoms with van der Waals surface area (Å²) in [7, 11) is 0. The van der Waals surface area contributed by atoms with Gasteiger partial charge >= 0.3 is 6.18 Å². The SMILES string of the molecule is O=C(NC1Cc2ccccc2C1)c1cccc(C(F)(F)F)c1Cl. The Morgan fingerprint density at radius 3 is 2.22 bits per heavy atom. The molecule has 0 atom stereocenters. The first kappa shape index (κ1) is 15.9. The number of halogens is 4. The van der Waals surface area contributed by atoms with E-state index in [1.165, 1.54) is 12.1 Å². The van der Waals surface area contributed by atoms with E-state index in [0.29, 0.717) is 12.8 Å². The number of alkyl halides is 3. The lowest BCUT2D eigenvalue weighted by molar-refractivity contribution is -0.137. The van der Waals surface area contributed by atoms with Crippen LogP contribution in [0.1, 0.15) is 27.0 Å². The molecule has 120 valence electrons. The zero-order valence-corrected chi connectivity index (χ0v) is 12.7. The van der Waals surface area contributed by atoms with E-state index in [1.54, 1.807) is 0 Å². The lowest BCUT2D eigenvalue weighted by Crippen LogP contribution is -2.35.